The van der Waals surface area contributed by atoms with E-state index < -0.39 is 23.4 Å². The van der Waals surface area contributed by atoms with Gasteiger partial charge < -0.3 is 5.32 Å². The fourth-order valence-corrected chi connectivity index (χ4v) is 4.62. The van der Waals surface area contributed by atoms with Crippen LogP contribution < -0.4 is 5.32 Å². The van der Waals surface area contributed by atoms with E-state index in [-0.39, 0.29) is 27.1 Å². The Hall–Kier alpha value is -2.21. The molecule has 3 aromatic rings. The summed E-state index contributed by atoms with van der Waals surface area (Å²) in [5.41, 5.74) is -0.313. The predicted octanol–water partition coefficient (Wildman–Crippen LogP) is 3.55. The minimum Gasteiger partial charge on any atom is -0.301 e. The van der Waals surface area contributed by atoms with Crippen molar-refractivity contribution in [2.45, 2.75) is 36.9 Å². The highest BCUT2D eigenvalue weighted by Crippen LogP contribution is 2.32. The third kappa shape index (κ3) is 3.63. The van der Waals surface area contributed by atoms with Crippen LogP contribution in [-0.2, 0) is 4.79 Å². The van der Waals surface area contributed by atoms with E-state index in [0.717, 1.165) is 43.1 Å². The molecule has 1 aliphatic carbocycles. The number of carbonyl (C=O) groups excluding carboxylic acids is 1. The highest BCUT2D eigenvalue weighted by atomic mass is 32.2. The zero-order valence-corrected chi connectivity index (χ0v) is 15.4. The molecule has 1 amide bonds. The van der Waals surface area contributed by atoms with Gasteiger partial charge in [0.25, 0.3) is 0 Å². The fourth-order valence-electron chi connectivity index (χ4n) is 2.97. The minimum absolute atomic E-state index is 0.0220. The van der Waals surface area contributed by atoms with Gasteiger partial charge in [-0.3, -0.25) is 4.79 Å². The number of thioether (sulfide) groups is 1. The number of benzene rings is 1. The number of rotatable bonds is 5. The van der Waals surface area contributed by atoms with Crippen LogP contribution in [0.4, 0.5) is 18.3 Å². The summed E-state index contributed by atoms with van der Waals surface area (Å²) in [6.07, 6.45) is 4.28. The second-order valence-corrected chi connectivity index (χ2v) is 8.01. The van der Waals surface area contributed by atoms with Gasteiger partial charge in [-0.2, -0.15) is 0 Å². The molecule has 2 aromatic heterocycles. The monoisotopic (exact) mass is 414 g/mol. The highest BCUT2D eigenvalue weighted by molar-refractivity contribution is 7.99. The molecule has 1 aromatic carbocycles. The van der Waals surface area contributed by atoms with Gasteiger partial charge >= 0.3 is 0 Å². The van der Waals surface area contributed by atoms with Gasteiger partial charge in [-0.1, -0.05) is 35.9 Å². The van der Waals surface area contributed by atoms with E-state index in [1.165, 1.54) is 11.8 Å². The van der Waals surface area contributed by atoms with Crippen molar-refractivity contribution in [2.24, 2.45) is 0 Å². The number of nitrogens with zero attached hydrogens (tertiary/aromatic N) is 5. The van der Waals surface area contributed by atoms with E-state index in [1.807, 2.05) is 0 Å². The highest BCUT2D eigenvalue weighted by Gasteiger charge is 2.22. The smallest absolute Gasteiger partial charge is 0.236 e. The first-order chi connectivity index (χ1) is 13.0. The Morgan fingerprint density at radius 1 is 1.30 bits per heavy atom. The van der Waals surface area contributed by atoms with Crippen molar-refractivity contribution in [2.75, 3.05) is 11.1 Å². The summed E-state index contributed by atoms with van der Waals surface area (Å²) >= 11 is 2.05. The van der Waals surface area contributed by atoms with Crippen LogP contribution in [0.5, 0.6) is 0 Å². The van der Waals surface area contributed by atoms with Gasteiger partial charge in [0.05, 0.1) is 16.5 Å². The van der Waals surface area contributed by atoms with Gasteiger partial charge in [0, 0.05) is 0 Å². The lowest BCUT2D eigenvalue weighted by Gasteiger charge is -2.10. The molecular weight excluding hydrogens is 401 g/mol. The molecule has 0 bridgehead atoms. The van der Waals surface area contributed by atoms with Crippen LogP contribution in [0, 0.1) is 17.5 Å². The Bertz CT molecular complexity index is 1000. The maximum absolute atomic E-state index is 13.7. The third-order valence-electron chi connectivity index (χ3n) is 4.23. The Morgan fingerprint density at radius 3 is 2.85 bits per heavy atom. The molecule has 2 heterocycles. The molecule has 4 rings (SSSR count). The minimum atomic E-state index is -1.58. The standard InChI is InChI=1S/C15H13F3N6OS2/c16-8-5-9-13(12(18)11(8)17)20-14(27-9)19-10(25)6-26-15-21-22-23-24(15)7-3-1-2-4-7/h5,7H,1-4,6H2,(H,19,20,25). The van der Waals surface area contributed by atoms with Gasteiger partial charge in [0.1, 0.15) is 5.52 Å². The summed E-state index contributed by atoms with van der Waals surface area (Å²) in [5.74, 6) is -4.63. The zero-order valence-electron chi connectivity index (χ0n) is 13.8. The van der Waals surface area contributed by atoms with E-state index in [1.54, 1.807) is 4.68 Å². The third-order valence-corrected chi connectivity index (χ3v) is 6.08. The molecule has 12 heteroatoms. The maximum atomic E-state index is 13.7. The normalized spacial score (nSPS) is 14.9. The number of anilines is 1. The lowest BCUT2D eigenvalue weighted by molar-refractivity contribution is -0.113. The number of aromatic nitrogens is 5. The summed E-state index contributed by atoms with van der Waals surface area (Å²) in [6, 6.07) is 1.11. The number of nitrogens with one attached hydrogen (secondary N) is 1. The molecule has 0 aliphatic heterocycles. The number of halogens is 3. The lowest BCUT2D eigenvalue weighted by atomic mass is 10.3. The SMILES string of the molecule is O=C(CSc1nnnn1C1CCCC1)Nc1nc2c(F)c(F)c(F)cc2s1. The van der Waals surface area contributed by atoms with Gasteiger partial charge in [-0.05, 0) is 29.3 Å². The molecule has 27 heavy (non-hydrogen) atoms. The van der Waals surface area contributed by atoms with Crippen LogP contribution in [0.1, 0.15) is 31.7 Å². The van der Waals surface area contributed by atoms with E-state index >= 15 is 0 Å². The Balaban J connectivity index is 1.42. The van der Waals surface area contributed by atoms with Crippen molar-refractivity contribution in [3.8, 4) is 0 Å². The van der Waals surface area contributed by atoms with Crippen molar-refractivity contribution < 1.29 is 18.0 Å². The van der Waals surface area contributed by atoms with Crippen molar-refractivity contribution in [3.05, 3.63) is 23.5 Å². The van der Waals surface area contributed by atoms with E-state index in [0.29, 0.717) is 5.16 Å². The number of thiazole rings is 1. The number of hydrogen-bond acceptors (Lipinski definition) is 7. The average Bonchev–Trinajstić information content (AvgIpc) is 3.37. The van der Waals surface area contributed by atoms with Crippen molar-refractivity contribution in [1.82, 2.24) is 25.2 Å². The summed E-state index contributed by atoms with van der Waals surface area (Å²) in [5, 5.41) is 14.7. The molecule has 0 saturated heterocycles. The largest absolute Gasteiger partial charge is 0.301 e. The summed E-state index contributed by atoms with van der Waals surface area (Å²) < 4.78 is 42.1. The topological polar surface area (TPSA) is 85.6 Å². The van der Waals surface area contributed by atoms with Gasteiger partial charge in [0.15, 0.2) is 22.6 Å². The molecule has 0 atom stereocenters. The van der Waals surface area contributed by atoms with Crippen molar-refractivity contribution in [1.29, 1.82) is 0 Å². The lowest BCUT2D eigenvalue weighted by Crippen LogP contribution is -2.15. The molecule has 1 saturated carbocycles. The molecule has 1 fully saturated rings. The predicted molar refractivity (Wildman–Crippen MR) is 94.2 cm³/mol. The van der Waals surface area contributed by atoms with E-state index in [2.05, 4.69) is 25.8 Å². The first-order valence-electron chi connectivity index (χ1n) is 8.17. The Kier molecular flexibility index (Phi) is 5.00. The molecule has 1 aliphatic rings. The summed E-state index contributed by atoms with van der Waals surface area (Å²) in [6.45, 7) is 0. The van der Waals surface area contributed by atoms with Crippen LogP contribution in [0.2, 0.25) is 0 Å². The average molecular weight is 414 g/mol. The molecule has 1 N–H and O–H groups in total. The van der Waals surface area contributed by atoms with Crippen LogP contribution in [-0.4, -0.2) is 36.9 Å². The maximum Gasteiger partial charge on any atom is 0.236 e. The quantitative estimate of drug-likeness (QED) is 0.508. The van der Waals surface area contributed by atoms with Crippen molar-refractivity contribution >= 4 is 44.4 Å². The number of amides is 1. The number of hydrogen-bond donors (Lipinski definition) is 1. The van der Waals surface area contributed by atoms with Gasteiger partial charge in [-0.25, -0.2) is 22.8 Å². The van der Waals surface area contributed by atoms with Gasteiger partial charge in [-0.15, -0.1) is 5.10 Å². The molecular formula is C15H13F3N6OS2. The van der Waals surface area contributed by atoms with Crippen LogP contribution in [0.15, 0.2) is 11.2 Å². The van der Waals surface area contributed by atoms with Gasteiger partial charge in [0.2, 0.25) is 11.1 Å². The zero-order chi connectivity index (χ0) is 19.0. The number of carbonyl (C=O) groups is 1. The summed E-state index contributed by atoms with van der Waals surface area (Å²) in [7, 11) is 0. The Morgan fingerprint density at radius 2 is 2.07 bits per heavy atom. The van der Waals surface area contributed by atoms with E-state index in [4.69, 9.17) is 0 Å². The second kappa shape index (κ2) is 7.43. The van der Waals surface area contributed by atoms with Crippen LogP contribution in [0.25, 0.3) is 10.2 Å². The molecule has 142 valence electrons. The first-order valence-corrected chi connectivity index (χ1v) is 9.97. The molecule has 0 spiro atoms. The number of tetrazole rings is 1. The molecule has 0 unspecified atom stereocenters. The second-order valence-electron chi connectivity index (χ2n) is 6.03. The van der Waals surface area contributed by atoms with Crippen LogP contribution >= 0.6 is 23.1 Å². The number of fused-ring (bicyclic) bond motifs is 1. The molecule has 7 nitrogen and oxygen atoms in total. The van der Waals surface area contributed by atoms with E-state index in [9.17, 15) is 18.0 Å². The van der Waals surface area contributed by atoms with Crippen molar-refractivity contribution in [3.63, 3.8) is 0 Å². The summed E-state index contributed by atoms with van der Waals surface area (Å²) in [4.78, 5) is 16.0. The fraction of sp³-hybridized carbons (Fsp3) is 0.400. The van der Waals surface area contributed by atoms with Crippen LogP contribution in [0.3, 0.4) is 0 Å². The first kappa shape index (κ1) is 18.2. The Labute approximate surface area is 159 Å². The molecule has 0 radical (unpaired) electrons.